The molecule has 1 saturated carbocycles. The van der Waals surface area contributed by atoms with Gasteiger partial charge in [-0.25, -0.2) is 17.6 Å². The number of halogens is 4. The predicted octanol–water partition coefficient (Wildman–Crippen LogP) is 7.87. The minimum Gasteiger partial charge on any atom is -0.206 e. The Balaban J connectivity index is 1.56. The first-order chi connectivity index (χ1) is 15.0. The third-order valence-electron chi connectivity index (χ3n) is 6.32. The highest BCUT2D eigenvalue weighted by molar-refractivity contribution is 5.84. The molecule has 4 heteroatoms. The van der Waals surface area contributed by atoms with E-state index in [1.165, 1.54) is 43.2 Å². The van der Waals surface area contributed by atoms with E-state index in [0.29, 0.717) is 16.5 Å². The van der Waals surface area contributed by atoms with Crippen molar-refractivity contribution in [3.63, 3.8) is 0 Å². The normalized spacial score (nSPS) is 18.6. The maximum atomic E-state index is 14.7. The smallest absolute Gasteiger partial charge is 0.166 e. The molecule has 0 radical (unpaired) electrons. The summed E-state index contributed by atoms with van der Waals surface area (Å²) in [5.74, 6) is 3.07. The van der Waals surface area contributed by atoms with Crippen LogP contribution in [-0.4, -0.2) is 0 Å². The van der Waals surface area contributed by atoms with Crippen LogP contribution in [0.2, 0.25) is 0 Å². The highest BCUT2D eigenvalue weighted by Gasteiger charge is 2.23. The Bertz CT molecular complexity index is 1140. The molecule has 0 heterocycles. The van der Waals surface area contributed by atoms with Crippen LogP contribution in [0.1, 0.15) is 68.1 Å². The maximum absolute atomic E-state index is 14.7. The van der Waals surface area contributed by atoms with Gasteiger partial charge in [-0.3, -0.25) is 0 Å². The average Bonchev–Trinajstić information content (AvgIpc) is 2.76. The molecule has 0 spiro atoms. The van der Waals surface area contributed by atoms with Crippen molar-refractivity contribution < 1.29 is 17.6 Å². The van der Waals surface area contributed by atoms with Crippen LogP contribution < -0.4 is 0 Å². The van der Waals surface area contributed by atoms with Crippen LogP contribution in [0.15, 0.2) is 42.5 Å². The summed E-state index contributed by atoms with van der Waals surface area (Å²) < 4.78 is 56.5. The van der Waals surface area contributed by atoms with Crippen molar-refractivity contribution in [1.82, 2.24) is 0 Å². The van der Waals surface area contributed by atoms with Crippen molar-refractivity contribution >= 4 is 10.8 Å². The van der Waals surface area contributed by atoms with Gasteiger partial charge < -0.3 is 0 Å². The molecule has 0 unspecified atom stereocenters. The van der Waals surface area contributed by atoms with Crippen molar-refractivity contribution in [2.75, 3.05) is 0 Å². The lowest BCUT2D eigenvalue weighted by Gasteiger charge is -2.28. The fourth-order valence-electron chi connectivity index (χ4n) is 4.62. The van der Waals surface area contributed by atoms with Gasteiger partial charge in [-0.1, -0.05) is 43.7 Å². The summed E-state index contributed by atoms with van der Waals surface area (Å²) in [6, 6.07) is 9.82. The molecule has 0 aromatic heterocycles. The lowest BCUT2D eigenvalue weighted by molar-refractivity contribution is 0.307. The molecule has 0 bridgehead atoms. The third-order valence-corrected chi connectivity index (χ3v) is 6.32. The minimum atomic E-state index is -0.923. The lowest BCUT2D eigenvalue weighted by Crippen LogP contribution is -2.13. The molecular weight excluding hydrogens is 400 g/mol. The van der Waals surface area contributed by atoms with Crippen LogP contribution >= 0.6 is 0 Å². The SMILES string of the molecule is CCCC1CCC(c2cc(F)c(C#Cc3ccc4c(F)c(F)ccc4c3)c(F)c2)CC1. The zero-order valence-corrected chi connectivity index (χ0v) is 17.5. The van der Waals surface area contributed by atoms with Gasteiger partial charge >= 0.3 is 0 Å². The summed E-state index contributed by atoms with van der Waals surface area (Å²) in [6.45, 7) is 2.19. The Morgan fingerprint density at radius 3 is 2.19 bits per heavy atom. The summed E-state index contributed by atoms with van der Waals surface area (Å²) in [5.41, 5.74) is 0.906. The second-order valence-corrected chi connectivity index (χ2v) is 8.41. The summed E-state index contributed by atoms with van der Waals surface area (Å²) >= 11 is 0. The van der Waals surface area contributed by atoms with E-state index >= 15 is 0 Å². The summed E-state index contributed by atoms with van der Waals surface area (Å²) in [5, 5.41) is 0.613. The van der Waals surface area contributed by atoms with Crippen molar-refractivity contribution in [1.29, 1.82) is 0 Å². The Morgan fingerprint density at radius 1 is 0.806 bits per heavy atom. The van der Waals surface area contributed by atoms with Gasteiger partial charge in [0.15, 0.2) is 11.6 Å². The van der Waals surface area contributed by atoms with Crippen LogP contribution in [0.25, 0.3) is 10.8 Å². The molecule has 3 aromatic carbocycles. The number of hydrogen-bond donors (Lipinski definition) is 0. The molecule has 1 fully saturated rings. The van der Waals surface area contributed by atoms with E-state index in [4.69, 9.17) is 0 Å². The lowest BCUT2D eigenvalue weighted by atomic mass is 9.77. The fraction of sp³-hybridized carbons (Fsp3) is 0.333. The largest absolute Gasteiger partial charge is 0.206 e. The van der Waals surface area contributed by atoms with Crippen LogP contribution in [0, 0.1) is 41.0 Å². The van der Waals surface area contributed by atoms with Gasteiger partial charge in [0.1, 0.15) is 11.6 Å². The average molecular weight is 424 g/mol. The van der Waals surface area contributed by atoms with E-state index in [2.05, 4.69) is 18.8 Å². The summed E-state index contributed by atoms with van der Waals surface area (Å²) in [7, 11) is 0. The van der Waals surface area contributed by atoms with Crippen molar-refractivity contribution in [2.24, 2.45) is 5.92 Å². The molecular formula is C27H24F4. The standard InChI is InChI=1S/C27H24F4/c1-2-3-17-4-8-19(9-5-17)21-15-25(29)23(26(30)16-21)12-7-18-6-11-22-20(14-18)10-13-24(28)27(22)31/h6,10-11,13-17,19H,2-5,8-9H2,1H3. The van der Waals surface area contributed by atoms with Gasteiger partial charge in [-0.2, -0.15) is 0 Å². The van der Waals surface area contributed by atoms with E-state index in [1.807, 2.05) is 0 Å². The van der Waals surface area contributed by atoms with Crippen LogP contribution in [0.5, 0.6) is 0 Å². The van der Waals surface area contributed by atoms with E-state index in [1.54, 1.807) is 6.07 Å². The molecule has 0 amide bonds. The molecule has 4 rings (SSSR count). The molecule has 31 heavy (non-hydrogen) atoms. The molecule has 3 aromatic rings. The Labute approximate surface area is 180 Å². The molecule has 0 saturated heterocycles. The van der Waals surface area contributed by atoms with E-state index in [0.717, 1.165) is 37.7 Å². The van der Waals surface area contributed by atoms with E-state index in [9.17, 15) is 17.6 Å². The fourth-order valence-corrected chi connectivity index (χ4v) is 4.62. The van der Waals surface area contributed by atoms with Crippen molar-refractivity contribution in [2.45, 2.75) is 51.4 Å². The predicted molar refractivity (Wildman–Crippen MR) is 116 cm³/mol. The molecule has 160 valence electrons. The summed E-state index contributed by atoms with van der Waals surface area (Å²) in [6.07, 6.45) is 6.53. The second-order valence-electron chi connectivity index (χ2n) is 8.41. The van der Waals surface area contributed by atoms with Crippen LogP contribution in [0.4, 0.5) is 17.6 Å². The Kier molecular flexibility index (Phi) is 6.32. The van der Waals surface area contributed by atoms with Gasteiger partial charge in [-0.15, -0.1) is 0 Å². The molecule has 0 atom stereocenters. The Hall–Kier alpha value is -2.80. The number of hydrogen-bond acceptors (Lipinski definition) is 0. The van der Waals surface area contributed by atoms with Crippen LogP contribution in [-0.2, 0) is 0 Å². The molecule has 0 N–H and O–H groups in total. The first-order valence-electron chi connectivity index (χ1n) is 10.8. The zero-order valence-electron chi connectivity index (χ0n) is 17.5. The quantitative estimate of drug-likeness (QED) is 0.296. The zero-order chi connectivity index (χ0) is 22.0. The maximum Gasteiger partial charge on any atom is 0.166 e. The Morgan fingerprint density at radius 2 is 1.52 bits per heavy atom. The number of benzene rings is 3. The topological polar surface area (TPSA) is 0 Å². The monoisotopic (exact) mass is 424 g/mol. The number of fused-ring (bicyclic) bond motifs is 1. The van der Waals surface area contributed by atoms with E-state index in [-0.39, 0.29) is 16.9 Å². The van der Waals surface area contributed by atoms with Crippen molar-refractivity contribution in [3.8, 4) is 11.8 Å². The van der Waals surface area contributed by atoms with Gasteiger partial charge in [0.25, 0.3) is 0 Å². The molecule has 1 aliphatic carbocycles. The minimum absolute atomic E-state index is 0.140. The van der Waals surface area contributed by atoms with Gasteiger partial charge in [0, 0.05) is 10.9 Å². The second kappa shape index (κ2) is 9.14. The van der Waals surface area contributed by atoms with Crippen LogP contribution in [0.3, 0.4) is 0 Å². The first-order valence-corrected chi connectivity index (χ1v) is 10.8. The van der Waals surface area contributed by atoms with Crippen molar-refractivity contribution in [3.05, 3.63) is 82.4 Å². The van der Waals surface area contributed by atoms with Gasteiger partial charge in [-0.05, 0) is 78.8 Å². The third kappa shape index (κ3) is 4.61. The molecule has 0 nitrogen and oxygen atoms in total. The highest BCUT2D eigenvalue weighted by Crippen LogP contribution is 2.38. The molecule has 0 aliphatic heterocycles. The highest BCUT2D eigenvalue weighted by atomic mass is 19.2. The summed E-state index contributed by atoms with van der Waals surface area (Å²) in [4.78, 5) is 0. The first kappa shape index (κ1) is 21.4. The molecule has 1 aliphatic rings. The van der Waals surface area contributed by atoms with Gasteiger partial charge in [0.05, 0.1) is 5.56 Å². The van der Waals surface area contributed by atoms with E-state index < -0.39 is 23.3 Å². The number of rotatable bonds is 3. The van der Waals surface area contributed by atoms with Gasteiger partial charge in [0.2, 0.25) is 0 Å².